The van der Waals surface area contributed by atoms with Crippen LogP contribution in [-0.2, 0) is 11.8 Å². The molecule has 2 aliphatic rings. The van der Waals surface area contributed by atoms with Crippen LogP contribution in [0.4, 0.5) is 4.39 Å². The molecule has 0 saturated carbocycles. The van der Waals surface area contributed by atoms with Crippen molar-refractivity contribution in [3.8, 4) is 5.69 Å². The van der Waals surface area contributed by atoms with E-state index in [9.17, 15) is 14.0 Å². The Kier molecular flexibility index (Phi) is 3.33. The number of hydrogen-bond donors (Lipinski definition) is 0. The Balaban J connectivity index is 1.77. The van der Waals surface area contributed by atoms with Gasteiger partial charge in [-0.2, -0.15) is 0 Å². The van der Waals surface area contributed by atoms with Gasteiger partial charge in [-0.1, -0.05) is 35.4 Å². The summed E-state index contributed by atoms with van der Waals surface area (Å²) in [6.07, 6.45) is 0.367. The summed E-state index contributed by atoms with van der Waals surface area (Å²) >= 11 is 6.16. The summed E-state index contributed by atoms with van der Waals surface area (Å²) in [5, 5.41) is 1.83. The molecule has 5 heteroatoms. The van der Waals surface area contributed by atoms with Crippen molar-refractivity contribution in [1.82, 2.24) is 4.57 Å². The number of Topliss-reactive ketones (excluding diaryl/α,β-unsaturated/α-hetero) is 1. The van der Waals surface area contributed by atoms with Gasteiger partial charge in [0.25, 0.3) is 5.56 Å². The van der Waals surface area contributed by atoms with Crippen LogP contribution in [0, 0.1) is 12.7 Å². The molecule has 0 amide bonds. The van der Waals surface area contributed by atoms with Crippen LogP contribution in [0.3, 0.4) is 0 Å². The van der Waals surface area contributed by atoms with E-state index in [4.69, 9.17) is 11.6 Å². The Hall–Kier alpha value is -3.24. The van der Waals surface area contributed by atoms with E-state index in [-0.39, 0.29) is 11.3 Å². The molecular formula is C25H15ClFNO2. The molecule has 1 atom stereocenters. The van der Waals surface area contributed by atoms with E-state index in [0.29, 0.717) is 39.3 Å². The first-order chi connectivity index (χ1) is 14.4. The van der Waals surface area contributed by atoms with Crippen LogP contribution >= 0.6 is 11.6 Å². The van der Waals surface area contributed by atoms with Gasteiger partial charge < -0.3 is 0 Å². The second-order valence-electron chi connectivity index (χ2n) is 8.14. The average Bonchev–Trinajstić information content (AvgIpc) is 3.16. The molecule has 0 radical (unpaired) electrons. The van der Waals surface area contributed by atoms with Crippen molar-refractivity contribution in [2.24, 2.45) is 0 Å². The fourth-order valence-corrected chi connectivity index (χ4v) is 5.27. The topological polar surface area (TPSA) is 39.1 Å². The van der Waals surface area contributed by atoms with Gasteiger partial charge >= 0.3 is 0 Å². The quantitative estimate of drug-likeness (QED) is 0.399. The summed E-state index contributed by atoms with van der Waals surface area (Å²) in [6, 6.07) is 17.2. The molecule has 146 valence electrons. The molecule has 0 N–H and O–H groups in total. The summed E-state index contributed by atoms with van der Waals surface area (Å²) in [6.45, 7) is 1.93. The van der Waals surface area contributed by atoms with E-state index in [1.165, 1.54) is 12.1 Å². The number of aryl methyl sites for hydroxylation is 1. The minimum absolute atomic E-state index is 0.149. The number of benzene rings is 3. The standard InChI is InChI=1S/C25H15ClFNO2/c1-13-2-3-14-9-22-25(12-15-4-5-16(26)10-18(15)23(25)29)20-11-17(27)6-7-21(20)28(22)24(30)19(14)8-13/h2-11H,12H2,1H3. The van der Waals surface area contributed by atoms with Crippen LogP contribution in [0.2, 0.25) is 5.02 Å². The van der Waals surface area contributed by atoms with Crippen LogP contribution in [0.5, 0.6) is 0 Å². The van der Waals surface area contributed by atoms with Crippen molar-refractivity contribution < 1.29 is 9.18 Å². The molecule has 30 heavy (non-hydrogen) atoms. The van der Waals surface area contributed by atoms with Crippen LogP contribution in [0.1, 0.15) is 32.7 Å². The molecule has 3 aromatic carbocycles. The predicted octanol–water partition coefficient (Wildman–Crippen LogP) is 5.13. The van der Waals surface area contributed by atoms with Gasteiger partial charge in [-0.05, 0) is 72.3 Å². The molecular weight excluding hydrogens is 401 g/mol. The maximum Gasteiger partial charge on any atom is 0.263 e. The first-order valence-corrected chi connectivity index (χ1v) is 10.1. The predicted molar refractivity (Wildman–Crippen MR) is 115 cm³/mol. The number of fused-ring (bicyclic) bond motifs is 7. The smallest absolute Gasteiger partial charge is 0.263 e. The summed E-state index contributed by atoms with van der Waals surface area (Å²) < 4.78 is 15.9. The molecule has 1 unspecified atom stereocenters. The third-order valence-corrected chi connectivity index (χ3v) is 6.67. The number of carbonyl (C=O) groups excluding carboxylic acids is 1. The lowest BCUT2D eigenvalue weighted by molar-refractivity contribution is 0.0930. The Morgan fingerprint density at radius 2 is 1.83 bits per heavy atom. The van der Waals surface area contributed by atoms with Crippen molar-refractivity contribution in [3.05, 3.63) is 110 Å². The Bertz CT molecular complexity index is 1500. The van der Waals surface area contributed by atoms with Crippen molar-refractivity contribution in [2.75, 3.05) is 0 Å². The van der Waals surface area contributed by atoms with Crippen molar-refractivity contribution in [1.29, 1.82) is 0 Å². The fourth-order valence-electron chi connectivity index (χ4n) is 5.09. The van der Waals surface area contributed by atoms with Gasteiger partial charge in [0.05, 0.1) is 5.69 Å². The molecule has 3 nitrogen and oxygen atoms in total. The lowest BCUT2D eigenvalue weighted by atomic mass is 9.75. The average molecular weight is 416 g/mol. The van der Waals surface area contributed by atoms with Gasteiger partial charge in [0, 0.05) is 21.7 Å². The highest BCUT2D eigenvalue weighted by Crippen LogP contribution is 2.51. The maximum absolute atomic E-state index is 14.4. The van der Waals surface area contributed by atoms with E-state index in [0.717, 1.165) is 16.5 Å². The number of hydrogen-bond acceptors (Lipinski definition) is 2. The maximum atomic E-state index is 14.4. The van der Waals surface area contributed by atoms with E-state index >= 15 is 0 Å². The number of halogens is 2. The van der Waals surface area contributed by atoms with Crippen LogP contribution < -0.4 is 5.56 Å². The van der Waals surface area contributed by atoms with Crippen molar-refractivity contribution in [3.63, 3.8) is 0 Å². The summed E-state index contributed by atoms with van der Waals surface area (Å²) in [7, 11) is 0. The fraction of sp³-hybridized carbons (Fsp3) is 0.120. The third-order valence-electron chi connectivity index (χ3n) is 6.43. The zero-order chi connectivity index (χ0) is 20.8. The minimum atomic E-state index is -1.14. The molecule has 1 spiro atoms. The van der Waals surface area contributed by atoms with E-state index < -0.39 is 11.2 Å². The summed E-state index contributed by atoms with van der Waals surface area (Å²) in [5.74, 6) is -0.583. The van der Waals surface area contributed by atoms with Gasteiger partial charge in [0.1, 0.15) is 11.2 Å². The second-order valence-corrected chi connectivity index (χ2v) is 8.57. The summed E-state index contributed by atoms with van der Waals surface area (Å²) in [5.41, 5.74) is 2.71. The molecule has 1 aliphatic carbocycles. The highest BCUT2D eigenvalue weighted by Gasteiger charge is 2.54. The van der Waals surface area contributed by atoms with E-state index in [1.807, 2.05) is 37.3 Å². The zero-order valence-corrected chi connectivity index (χ0v) is 16.8. The molecule has 6 rings (SSSR count). The zero-order valence-electron chi connectivity index (χ0n) is 16.0. The largest absolute Gasteiger partial charge is 0.293 e. The van der Waals surface area contributed by atoms with E-state index in [2.05, 4.69) is 0 Å². The van der Waals surface area contributed by atoms with Gasteiger partial charge in [-0.15, -0.1) is 0 Å². The first-order valence-electron chi connectivity index (χ1n) is 9.71. The van der Waals surface area contributed by atoms with Crippen molar-refractivity contribution in [2.45, 2.75) is 18.8 Å². The van der Waals surface area contributed by atoms with Crippen LogP contribution in [0.15, 0.2) is 65.5 Å². The lowest BCUT2D eigenvalue weighted by Crippen LogP contribution is -2.34. The number of ketones is 1. The number of pyridine rings is 1. The monoisotopic (exact) mass is 415 g/mol. The Morgan fingerprint density at radius 3 is 2.67 bits per heavy atom. The van der Waals surface area contributed by atoms with E-state index in [1.54, 1.807) is 22.8 Å². The van der Waals surface area contributed by atoms with Gasteiger partial charge in [0.2, 0.25) is 0 Å². The Labute approximate surface area is 176 Å². The van der Waals surface area contributed by atoms with Gasteiger partial charge in [0.15, 0.2) is 5.78 Å². The summed E-state index contributed by atoms with van der Waals surface area (Å²) in [4.78, 5) is 27.3. The molecule has 0 saturated heterocycles. The highest BCUT2D eigenvalue weighted by molar-refractivity contribution is 6.31. The molecule has 2 heterocycles. The molecule has 0 bridgehead atoms. The third kappa shape index (κ3) is 2.04. The highest BCUT2D eigenvalue weighted by atomic mass is 35.5. The van der Waals surface area contributed by atoms with Crippen LogP contribution in [0.25, 0.3) is 16.5 Å². The van der Waals surface area contributed by atoms with Crippen molar-refractivity contribution >= 4 is 28.2 Å². The molecule has 4 aromatic rings. The molecule has 1 aliphatic heterocycles. The first kappa shape index (κ1) is 17.6. The SMILES string of the molecule is Cc1ccc2cc3n(c(=O)c2c1)-c1ccc(F)cc1C31Cc2ccc(Cl)cc2C1=O. The number of nitrogens with zero attached hydrogens (tertiary/aromatic N) is 1. The van der Waals surface area contributed by atoms with Crippen LogP contribution in [-0.4, -0.2) is 10.4 Å². The van der Waals surface area contributed by atoms with Gasteiger partial charge in [-0.25, -0.2) is 4.39 Å². The minimum Gasteiger partial charge on any atom is -0.293 e. The lowest BCUT2D eigenvalue weighted by Gasteiger charge is -2.23. The second kappa shape index (κ2) is 5.67. The number of carbonyl (C=O) groups is 1. The number of aromatic nitrogens is 1. The molecule has 1 aromatic heterocycles. The normalized spacial score (nSPS) is 18.7. The number of rotatable bonds is 0. The Morgan fingerprint density at radius 1 is 1.00 bits per heavy atom. The van der Waals surface area contributed by atoms with Gasteiger partial charge in [-0.3, -0.25) is 14.2 Å². The molecule has 0 fully saturated rings.